The summed E-state index contributed by atoms with van der Waals surface area (Å²) in [5.41, 5.74) is 4.56. The van der Waals surface area contributed by atoms with Crippen LogP contribution in [0, 0.1) is 16.0 Å². The molecule has 0 saturated carbocycles. The van der Waals surface area contributed by atoms with Crippen molar-refractivity contribution < 1.29 is 9.72 Å². The van der Waals surface area contributed by atoms with Crippen LogP contribution in [0.4, 0.5) is 11.4 Å². The third-order valence-electron chi connectivity index (χ3n) is 2.83. The number of aldehydes is 1. The number of nitrogens with one attached hydrogen (secondary N) is 1. The number of hydrogen-bond donors (Lipinski definition) is 1. The number of fused-ring (bicyclic) bond motifs is 1. The number of nitrogens with zero attached hydrogens (tertiary/aromatic N) is 2. The molecule has 0 fully saturated rings. The van der Waals surface area contributed by atoms with Gasteiger partial charge in [-0.3, -0.25) is 10.1 Å². The molecule has 1 aliphatic heterocycles. The lowest BCUT2D eigenvalue weighted by molar-refractivity contribution is -0.384. The Balaban J connectivity index is 2.38. The minimum atomic E-state index is -0.501. The zero-order valence-corrected chi connectivity index (χ0v) is 10.3. The SMILES string of the molecule is CC(C)CN1NC(C=O)c2cc([N+](=O)[O-])ccc21. The molecule has 0 bridgehead atoms. The quantitative estimate of drug-likeness (QED) is 0.500. The normalized spacial score (nSPS) is 17.9. The van der Waals surface area contributed by atoms with Gasteiger partial charge in [0.15, 0.2) is 0 Å². The van der Waals surface area contributed by atoms with E-state index in [1.807, 2.05) is 5.01 Å². The van der Waals surface area contributed by atoms with Gasteiger partial charge in [0.25, 0.3) is 5.69 Å². The van der Waals surface area contributed by atoms with Gasteiger partial charge in [-0.25, -0.2) is 5.43 Å². The Bertz CT molecular complexity index is 487. The number of non-ortho nitro benzene ring substituents is 1. The molecule has 0 aliphatic carbocycles. The van der Waals surface area contributed by atoms with E-state index in [-0.39, 0.29) is 5.69 Å². The third-order valence-corrected chi connectivity index (χ3v) is 2.83. The van der Waals surface area contributed by atoms with Crippen LogP contribution in [0.2, 0.25) is 0 Å². The molecule has 1 aliphatic rings. The summed E-state index contributed by atoms with van der Waals surface area (Å²) in [5, 5.41) is 12.6. The fourth-order valence-electron chi connectivity index (χ4n) is 2.08. The molecule has 2 rings (SSSR count). The molecule has 1 heterocycles. The molecule has 1 aromatic rings. The van der Waals surface area contributed by atoms with Gasteiger partial charge in [0.1, 0.15) is 12.3 Å². The van der Waals surface area contributed by atoms with Gasteiger partial charge in [0.2, 0.25) is 0 Å². The van der Waals surface area contributed by atoms with Crippen LogP contribution in [0.1, 0.15) is 25.5 Å². The van der Waals surface area contributed by atoms with E-state index >= 15 is 0 Å². The van der Waals surface area contributed by atoms with Crippen molar-refractivity contribution in [1.82, 2.24) is 5.43 Å². The number of benzene rings is 1. The van der Waals surface area contributed by atoms with E-state index in [1.165, 1.54) is 12.1 Å². The summed E-state index contributed by atoms with van der Waals surface area (Å²) in [6.07, 6.45) is 0.767. The molecule has 0 aromatic heterocycles. The maximum atomic E-state index is 11.0. The van der Waals surface area contributed by atoms with Crippen molar-refractivity contribution in [3.05, 3.63) is 33.9 Å². The Kier molecular flexibility index (Phi) is 3.29. The highest BCUT2D eigenvalue weighted by Crippen LogP contribution is 2.34. The largest absolute Gasteiger partial charge is 0.307 e. The number of carbonyl (C=O) groups excluding carboxylic acids is 1. The zero-order valence-electron chi connectivity index (χ0n) is 10.3. The van der Waals surface area contributed by atoms with E-state index in [0.29, 0.717) is 11.5 Å². The third kappa shape index (κ3) is 2.19. The second kappa shape index (κ2) is 4.73. The second-order valence-electron chi connectivity index (χ2n) is 4.75. The Hall–Kier alpha value is -1.95. The highest BCUT2D eigenvalue weighted by atomic mass is 16.6. The Labute approximate surface area is 105 Å². The van der Waals surface area contributed by atoms with Crippen molar-refractivity contribution in [3.63, 3.8) is 0 Å². The molecule has 0 saturated heterocycles. The van der Waals surface area contributed by atoms with Crippen molar-refractivity contribution in [1.29, 1.82) is 0 Å². The summed E-state index contributed by atoms with van der Waals surface area (Å²) in [6, 6.07) is 4.10. The van der Waals surface area contributed by atoms with Crippen LogP contribution >= 0.6 is 0 Å². The molecule has 0 radical (unpaired) electrons. The molecule has 6 heteroatoms. The van der Waals surface area contributed by atoms with Crippen LogP contribution in [0.3, 0.4) is 0 Å². The second-order valence-corrected chi connectivity index (χ2v) is 4.75. The lowest BCUT2D eigenvalue weighted by Crippen LogP contribution is -2.37. The standard InChI is InChI=1S/C12H15N3O3/c1-8(2)6-14-12-4-3-9(15(17)18)5-10(12)11(7-16)13-14/h3-5,7-8,11,13H,6H2,1-2H3. The molecule has 0 spiro atoms. The fourth-order valence-corrected chi connectivity index (χ4v) is 2.08. The molecule has 1 N–H and O–H groups in total. The summed E-state index contributed by atoms with van der Waals surface area (Å²) < 4.78 is 0. The van der Waals surface area contributed by atoms with Crippen molar-refractivity contribution >= 4 is 17.7 Å². The maximum Gasteiger partial charge on any atom is 0.269 e. The first-order chi connectivity index (χ1) is 8.52. The first-order valence-corrected chi connectivity index (χ1v) is 5.80. The number of hydrogen-bond acceptors (Lipinski definition) is 5. The Morgan fingerprint density at radius 3 is 2.83 bits per heavy atom. The number of anilines is 1. The number of hydrazine groups is 1. The lowest BCUT2D eigenvalue weighted by atomic mass is 10.1. The Morgan fingerprint density at radius 1 is 1.56 bits per heavy atom. The van der Waals surface area contributed by atoms with Gasteiger partial charge < -0.3 is 9.80 Å². The van der Waals surface area contributed by atoms with Crippen molar-refractivity contribution in [2.24, 2.45) is 5.92 Å². The first kappa shape index (κ1) is 12.5. The van der Waals surface area contributed by atoms with E-state index in [2.05, 4.69) is 19.3 Å². The first-order valence-electron chi connectivity index (χ1n) is 5.80. The topological polar surface area (TPSA) is 75.5 Å². The highest BCUT2D eigenvalue weighted by molar-refractivity contribution is 5.73. The molecule has 96 valence electrons. The minimum absolute atomic E-state index is 0.00815. The van der Waals surface area contributed by atoms with E-state index in [9.17, 15) is 14.9 Å². The molecule has 0 amide bonds. The van der Waals surface area contributed by atoms with Gasteiger partial charge >= 0.3 is 0 Å². The lowest BCUT2D eigenvalue weighted by Gasteiger charge is -2.21. The summed E-state index contributed by atoms with van der Waals surface area (Å²) in [5.74, 6) is 0.422. The highest BCUT2D eigenvalue weighted by Gasteiger charge is 2.29. The smallest absolute Gasteiger partial charge is 0.269 e. The molecule has 18 heavy (non-hydrogen) atoms. The average molecular weight is 249 g/mol. The van der Waals surface area contributed by atoms with Crippen LogP contribution in [-0.2, 0) is 4.79 Å². The van der Waals surface area contributed by atoms with Gasteiger partial charge in [0.05, 0.1) is 10.6 Å². The summed E-state index contributed by atoms with van der Waals surface area (Å²) in [4.78, 5) is 21.3. The minimum Gasteiger partial charge on any atom is -0.307 e. The average Bonchev–Trinajstić information content (AvgIpc) is 2.66. The summed E-state index contributed by atoms with van der Waals surface area (Å²) in [7, 11) is 0. The monoisotopic (exact) mass is 249 g/mol. The molecular formula is C12H15N3O3. The van der Waals surface area contributed by atoms with Gasteiger partial charge in [0, 0.05) is 24.2 Å². The van der Waals surface area contributed by atoms with Crippen LogP contribution in [0.5, 0.6) is 0 Å². The van der Waals surface area contributed by atoms with Crippen LogP contribution in [-0.4, -0.2) is 17.8 Å². The molecule has 1 aromatic carbocycles. The molecular weight excluding hydrogens is 234 g/mol. The zero-order chi connectivity index (χ0) is 13.3. The van der Waals surface area contributed by atoms with Crippen LogP contribution < -0.4 is 10.4 Å². The number of rotatable bonds is 4. The van der Waals surface area contributed by atoms with Gasteiger partial charge in [-0.1, -0.05) is 13.8 Å². The van der Waals surface area contributed by atoms with E-state index in [1.54, 1.807) is 6.07 Å². The number of carbonyl (C=O) groups is 1. The van der Waals surface area contributed by atoms with E-state index < -0.39 is 11.0 Å². The van der Waals surface area contributed by atoms with Gasteiger partial charge in [-0.2, -0.15) is 0 Å². The van der Waals surface area contributed by atoms with Crippen molar-refractivity contribution in [3.8, 4) is 0 Å². The summed E-state index contributed by atoms with van der Waals surface area (Å²) in [6.45, 7) is 4.89. The van der Waals surface area contributed by atoms with E-state index in [0.717, 1.165) is 18.5 Å². The van der Waals surface area contributed by atoms with E-state index in [4.69, 9.17) is 0 Å². The summed E-state index contributed by atoms with van der Waals surface area (Å²) >= 11 is 0. The predicted molar refractivity (Wildman–Crippen MR) is 67.2 cm³/mol. The van der Waals surface area contributed by atoms with Crippen LogP contribution in [0.25, 0.3) is 0 Å². The molecule has 1 unspecified atom stereocenters. The predicted octanol–water partition coefficient (Wildman–Crippen LogP) is 1.82. The van der Waals surface area contributed by atoms with Crippen molar-refractivity contribution in [2.45, 2.75) is 19.9 Å². The number of nitro benzene ring substituents is 1. The Morgan fingerprint density at radius 2 is 2.28 bits per heavy atom. The van der Waals surface area contributed by atoms with Gasteiger partial charge in [-0.15, -0.1) is 0 Å². The van der Waals surface area contributed by atoms with Gasteiger partial charge in [-0.05, 0) is 12.0 Å². The maximum absolute atomic E-state index is 11.0. The van der Waals surface area contributed by atoms with Crippen molar-refractivity contribution in [2.75, 3.05) is 11.6 Å². The van der Waals surface area contributed by atoms with Crippen LogP contribution in [0.15, 0.2) is 18.2 Å². The fraction of sp³-hybridized carbons (Fsp3) is 0.417. The number of nitro groups is 1. The molecule has 6 nitrogen and oxygen atoms in total. The molecule has 1 atom stereocenters.